The number of piperidine rings is 1. The van der Waals surface area contributed by atoms with Gasteiger partial charge in [-0.05, 0) is 48.2 Å². The molecule has 1 aliphatic rings. The molecule has 168 valence electrons. The summed E-state index contributed by atoms with van der Waals surface area (Å²) in [6.07, 6.45) is 1.41. The predicted molar refractivity (Wildman–Crippen MR) is 124 cm³/mol. The molecular weight excluding hydrogens is 439 g/mol. The van der Waals surface area contributed by atoms with Gasteiger partial charge >= 0.3 is 0 Å². The maximum Gasteiger partial charge on any atom is 0.264 e. The molecule has 1 amide bonds. The number of aromatic nitrogens is 3. The number of hydrogen-bond donors (Lipinski definition) is 1. The zero-order valence-corrected chi connectivity index (χ0v) is 18.8. The number of benzene rings is 2. The number of rotatable bonds is 4. The Morgan fingerprint density at radius 2 is 1.88 bits per heavy atom. The van der Waals surface area contributed by atoms with E-state index in [2.05, 4.69) is 10.3 Å². The first-order valence-electron chi connectivity index (χ1n) is 10.8. The summed E-state index contributed by atoms with van der Waals surface area (Å²) in [6, 6.07) is 17.1. The van der Waals surface area contributed by atoms with Gasteiger partial charge in [0.15, 0.2) is 0 Å². The number of carbonyl (C=O) groups excluding carboxylic acids is 1. The molecule has 0 saturated carbocycles. The largest absolute Gasteiger partial charge is 0.391 e. The summed E-state index contributed by atoms with van der Waals surface area (Å²) < 4.78 is 14.9. The molecular formula is C25H23FN4O2S. The Labute approximate surface area is 194 Å². The number of aryl methyl sites for hydroxylation is 1. The molecule has 0 spiro atoms. The van der Waals surface area contributed by atoms with E-state index >= 15 is 0 Å². The van der Waals surface area contributed by atoms with Gasteiger partial charge in [0.2, 0.25) is 0 Å². The highest BCUT2D eigenvalue weighted by atomic mass is 32.1. The van der Waals surface area contributed by atoms with Gasteiger partial charge in [0.25, 0.3) is 5.91 Å². The second-order valence-corrected chi connectivity index (χ2v) is 9.27. The van der Waals surface area contributed by atoms with Gasteiger partial charge in [-0.1, -0.05) is 41.1 Å². The first kappa shape index (κ1) is 21.5. The van der Waals surface area contributed by atoms with E-state index in [4.69, 9.17) is 0 Å². The summed E-state index contributed by atoms with van der Waals surface area (Å²) in [6.45, 7) is 2.32. The minimum Gasteiger partial charge on any atom is -0.391 e. The van der Waals surface area contributed by atoms with E-state index in [0.717, 1.165) is 16.7 Å². The Kier molecular flexibility index (Phi) is 5.78. The fourth-order valence-corrected chi connectivity index (χ4v) is 4.97. The van der Waals surface area contributed by atoms with Crippen LogP contribution >= 0.6 is 11.3 Å². The molecule has 3 heterocycles. The van der Waals surface area contributed by atoms with Crippen LogP contribution in [0.15, 0.2) is 72.2 Å². The summed E-state index contributed by atoms with van der Waals surface area (Å²) in [5, 5.41) is 21.4. The lowest BCUT2D eigenvalue weighted by Gasteiger charge is -2.42. The lowest BCUT2D eigenvalue weighted by Crippen LogP contribution is -2.48. The minimum atomic E-state index is -0.716. The molecule has 8 heteroatoms. The van der Waals surface area contributed by atoms with Crippen molar-refractivity contribution in [3.8, 4) is 11.3 Å². The highest BCUT2D eigenvalue weighted by Gasteiger charge is 2.40. The van der Waals surface area contributed by atoms with E-state index in [1.54, 1.807) is 23.0 Å². The number of halogens is 1. The van der Waals surface area contributed by atoms with Gasteiger partial charge in [-0.15, -0.1) is 16.4 Å². The van der Waals surface area contributed by atoms with Crippen molar-refractivity contribution in [1.82, 2.24) is 19.9 Å². The van der Waals surface area contributed by atoms with E-state index < -0.39 is 12.1 Å². The summed E-state index contributed by atoms with van der Waals surface area (Å²) in [5.74, 6) is -0.384. The van der Waals surface area contributed by atoms with Crippen molar-refractivity contribution in [2.45, 2.75) is 31.5 Å². The number of amides is 1. The van der Waals surface area contributed by atoms with Crippen LogP contribution in [0.4, 0.5) is 4.39 Å². The minimum absolute atomic E-state index is 0.0636. The van der Waals surface area contributed by atoms with Crippen molar-refractivity contribution in [3.05, 3.63) is 94.1 Å². The highest BCUT2D eigenvalue weighted by molar-refractivity contribution is 7.12. The fraction of sp³-hybridized carbons (Fsp3) is 0.240. The number of carbonyl (C=O) groups is 1. The highest BCUT2D eigenvalue weighted by Crippen LogP contribution is 2.37. The van der Waals surface area contributed by atoms with Crippen molar-refractivity contribution in [2.24, 2.45) is 0 Å². The number of aliphatic hydroxyl groups excluding tert-OH is 1. The van der Waals surface area contributed by atoms with E-state index in [-0.39, 0.29) is 17.8 Å². The van der Waals surface area contributed by atoms with Crippen molar-refractivity contribution >= 4 is 17.2 Å². The van der Waals surface area contributed by atoms with Crippen molar-refractivity contribution in [2.75, 3.05) is 6.54 Å². The Bertz CT molecular complexity index is 1240. The standard InChI is InChI=1S/C25H23FN4O2S/c1-16-4-6-18(7-5-16)21-13-23(31)22(15-29(21)25(32)24-3-2-12-33-24)30-14-20(27-28-30)17-8-10-19(26)11-9-17/h2-12,14,21-23,31H,13,15H2,1H3. The molecule has 3 atom stereocenters. The van der Waals surface area contributed by atoms with Crippen LogP contribution < -0.4 is 0 Å². The van der Waals surface area contributed by atoms with Crippen LogP contribution in [0.3, 0.4) is 0 Å². The third kappa shape index (κ3) is 4.31. The molecule has 33 heavy (non-hydrogen) atoms. The van der Waals surface area contributed by atoms with Crippen LogP contribution in [0.2, 0.25) is 0 Å². The van der Waals surface area contributed by atoms with E-state index in [1.165, 1.54) is 23.5 Å². The molecule has 1 aliphatic heterocycles. The fourth-order valence-electron chi connectivity index (χ4n) is 4.29. The zero-order chi connectivity index (χ0) is 22.9. The van der Waals surface area contributed by atoms with Crippen molar-refractivity contribution < 1.29 is 14.3 Å². The van der Waals surface area contributed by atoms with Gasteiger partial charge in [-0.25, -0.2) is 9.07 Å². The third-order valence-corrected chi connectivity index (χ3v) is 6.97. The average molecular weight is 463 g/mol. The number of nitrogens with zero attached hydrogens (tertiary/aromatic N) is 4. The maximum atomic E-state index is 13.4. The van der Waals surface area contributed by atoms with E-state index in [9.17, 15) is 14.3 Å². The average Bonchev–Trinajstić information content (AvgIpc) is 3.52. The van der Waals surface area contributed by atoms with Gasteiger partial charge in [-0.2, -0.15) is 0 Å². The molecule has 1 N–H and O–H groups in total. The molecule has 2 aromatic carbocycles. The van der Waals surface area contributed by atoms with Crippen LogP contribution in [0.5, 0.6) is 0 Å². The van der Waals surface area contributed by atoms with E-state index in [1.807, 2.05) is 53.6 Å². The molecule has 0 aliphatic carbocycles. The first-order valence-corrected chi connectivity index (χ1v) is 11.6. The molecule has 3 unspecified atom stereocenters. The predicted octanol–water partition coefficient (Wildman–Crippen LogP) is 4.64. The van der Waals surface area contributed by atoms with Crippen molar-refractivity contribution in [3.63, 3.8) is 0 Å². The lowest BCUT2D eigenvalue weighted by atomic mass is 9.90. The molecule has 4 aromatic rings. The SMILES string of the molecule is Cc1ccc(C2CC(O)C(n3cc(-c4ccc(F)cc4)nn3)CN2C(=O)c2cccs2)cc1. The summed E-state index contributed by atoms with van der Waals surface area (Å²) in [5.41, 5.74) is 3.45. The summed E-state index contributed by atoms with van der Waals surface area (Å²) in [7, 11) is 0. The summed E-state index contributed by atoms with van der Waals surface area (Å²) in [4.78, 5) is 15.9. The maximum absolute atomic E-state index is 13.4. The van der Waals surface area contributed by atoms with Gasteiger partial charge < -0.3 is 10.0 Å². The Hall–Kier alpha value is -3.36. The number of thiophene rings is 1. The summed E-state index contributed by atoms with van der Waals surface area (Å²) >= 11 is 1.41. The Morgan fingerprint density at radius 3 is 2.58 bits per heavy atom. The molecule has 1 fully saturated rings. The molecule has 1 saturated heterocycles. The molecule has 0 radical (unpaired) electrons. The molecule has 0 bridgehead atoms. The van der Waals surface area contributed by atoms with Crippen LogP contribution in [0.1, 0.15) is 39.3 Å². The van der Waals surface area contributed by atoms with Gasteiger partial charge in [-0.3, -0.25) is 4.79 Å². The molecule has 5 rings (SSSR count). The third-order valence-electron chi connectivity index (χ3n) is 6.11. The molecule has 2 aromatic heterocycles. The Balaban J connectivity index is 1.46. The zero-order valence-electron chi connectivity index (χ0n) is 18.0. The number of likely N-dealkylation sites (tertiary alicyclic amines) is 1. The van der Waals surface area contributed by atoms with E-state index in [0.29, 0.717) is 23.5 Å². The monoisotopic (exact) mass is 462 g/mol. The number of aliphatic hydroxyl groups is 1. The van der Waals surface area contributed by atoms with Gasteiger partial charge in [0.1, 0.15) is 11.5 Å². The smallest absolute Gasteiger partial charge is 0.264 e. The van der Waals surface area contributed by atoms with Crippen LogP contribution in [-0.4, -0.2) is 43.6 Å². The Morgan fingerprint density at radius 1 is 1.12 bits per heavy atom. The van der Waals surface area contributed by atoms with Crippen LogP contribution in [-0.2, 0) is 0 Å². The molecule has 6 nitrogen and oxygen atoms in total. The van der Waals surface area contributed by atoms with Gasteiger partial charge in [0.05, 0.1) is 29.3 Å². The lowest BCUT2D eigenvalue weighted by molar-refractivity contribution is -0.00164. The quantitative estimate of drug-likeness (QED) is 0.480. The number of hydrogen-bond acceptors (Lipinski definition) is 5. The van der Waals surface area contributed by atoms with Gasteiger partial charge in [0, 0.05) is 18.5 Å². The van der Waals surface area contributed by atoms with Crippen LogP contribution in [0, 0.1) is 12.7 Å². The van der Waals surface area contributed by atoms with Crippen LogP contribution in [0.25, 0.3) is 11.3 Å². The topological polar surface area (TPSA) is 71.2 Å². The normalized spacial score (nSPS) is 20.7. The first-order chi connectivity index (χ1) is 16.0. The second kappa shape index (κ2) is 8.88. The second-order valence-electron chi connectivity index (χ2n) is 8.32. The van der Waals surface area contributed by atoms with Crippen molar-refractivity contribution in [1.29, 1.82) is 0 Å².